The summed E-state index contributed by atoms with van der Waals surface area (Å²) in [5, 5.41) is 3.37. The van der Waals surface area contributed by atoms with E-state index in [4.69, 9.17) is 4.98 Å². The lowest BCUT2D eigenvalue weighted by molar-refractivity contribution is 0.532. The van der Waals surface area contributed by atoms with E-state index in [1.54, 1.807) is 6.33 Å². The van der Waals surface area contributed by atoms with Gasteiger partial charge in [0.25, 0.3) is 0 Å². The molecule has 2 aromatic rings. The number of rotatable bonds is 2. The van der Waals surface area contributed by atoms with E-state index in [9.17, 15) is 0 Å². The van der Waals surface area contributed by atoms with Gasteiger partial charge in [-0.05, 0) is 26.3 Å². The van der Waals surface area contributed by atoms with Crippen molar-refractivity contribution >= 4 is 0 Å². The maximum absolute atomic E-state index is 4.76. The van der Waals surface area contributed by atoms with Gasteiger partial charge in [0.2, 0.25) is 0 Å². The Labute approximate surface area is 113 Å². The third-order valence-electron chi connectivity index (χ3n) is 3.83. The zero-order chi connectivity index (χ0) is 13.2. The zero-order valence-corrected chi connectivity index (χ0v) is 11.4. The summed E-state index contributed by atoms with van der Waals surface area (Å²) in [4.78, 5) is 13.4. The maximum atomic E-state index is 4.76. The first-order valence-electron chi connectivity index (χ1n) is 6.79. The number of fused-ring (bicyclic) bond motifs is 1. The Kier molecular flexibility index (Phi) is 3.29. The van der Waals surface area contributed by atoms with Crippen LogP contribution in [0.15, 0.2) is 18.7 Å². The average molecular weight is 257 g/mol. The van der Waals surface area contributed by atoms with Crippen LogP contribution in [0.4, 0.5) is 0 Å². The molecule has 1 unspecified atom stereocenters. The van der Waals surface area contributed by atoms with Gasteiger partial charge in [-0.3, -0.25) is 0 Å². The molecule has 5 nitrogen and oxygen atoms in total. The summed E-state index contributed by atoms with van der Waals surface area (Å²) in [6.07, 6.45) is 10.2. The normalized spacial score (nSPS) is 18.9. The smallest absolute Gasteiger partial charge is 0.178 e. The lowest BCUT2D eigenvalue weighted by Crippen LogP contribution is -2.17. The van der Waals surface area contributed by atoms with Gasteiger partial charge in [0, 0.05) is 30.5 Å². The van der Waals surface area contributed by atoms with E-state index >= 15 is 0 Å². The van der Waals surface area contributed by atoms with Crippen LogP contribution >= 0.6 is 0 Å². The molecule has 1 aliphatic rings. The van der Waals surface area contributed by atoms with E-state index in [1.165, 1.54) is 24.1 Å². The predicted octanol–water partition coefficient (Wildman–Crippen LogP) is 1.86. The van der Waals surface area contributed by atoms with E-state index in [2.05, 4.69) is 15.3 Å². The predicted molar refractivity (Wildman–Crippen MR) is 73.6 cm³/mol. The fraction of sp³-hybridized carbons (Fsp3) is 0.500. The second-order valence-electron chi connectivity index (χ2n) is 5.07. The highest BCUT2D eigenvalue weighted by Gasteiger charge is 2.20. The number of nitrogens with one attached hydrogen (secondary N) is 1. The summed E-state index contributed by atoms with van der Waals surface area (Å²) in [5.74, 6) is 0.774. The molecule has 2 heterocycles. The molecule has 5 heteroatoms. The molecule has 0 bridgehead atoms. The number of hydrogen-bond acceptors (Lipinski definition) is 4. The lowest BCUT2D eigenvalue weighted by atomic mass is 10.1. The summed E-state index contributed by atoms with van der Waals surface area (Å²) >= 11 is 0. The molecule has 0 amide bonds. The van der Waals surface area contributed by atoms with Crippen molar-refractivity contribution in [2.24, 2.45) is 7.05 Å². The summed E-state index contributed by atoms with van der Waals surface area (Å²) in [5.41, 5.74) is 3.40. The first-order valence-corrected chi connectivity index (χ1v) is 6.79. The molecule has 1 atom stereocenters. The third-order valence-corrected chi connectivity index (χ3v) is 3.83. The number of aryl methyl sites for hydroxylation is 2. The maximum Gasteiger partial charge on any atom is 0.178 e. The standard InChI is InChI=1S/C14H19N5/c1-15-11-5-3-4-6-12-10(11)7-17-14(18-12)13-8-16-9-19(13)2/h7-9,11,15H,3-6H2,1-2H3. The van der Waals surface area contributed by atoms with Gasteiger partial charge >= 0.3 is 0 Å². The van der Waals surface area contributed by atoms with Gasteiger partial charge in [-0.15, -0.1) is 0 Å². The molecular weight excluding hydrogens is 238 g/mol. The Hall–Kier alpha value is -1.75. The molecule has 0 aliphatic heterocycles. The number of imidazole rings is 1. The van der Waals surface area contributed by atoms with Gasteiger partial charge in [0.1, 0.15) is 5.69 Å². The van der Waals surface area contributed by atoms with Crippen LogP contribution in [0.3, 0.4) is 0 Å². The van der Waals surface area contributed by atoms with E-state index < -0.39 is 0 Å². The van der Waals surface area contributed by atoms with Crippen LogP contribution in [0.25, 0.3) is 11.5 Å². The molecule has 0 fully saturated rings. The monoisotopic (exact) mass is 257 g/mol. The zero-order valence-electron chi connectivity index (χ0n) is 11.4. The molecule has 0 radical (unpaired) electrons. The molecule has 0 saturated heterocycles. The fourth-order valence-corrected chi connectivity index (χ4v) is 2.71. The first-order chi connectivity index (χ1) is 9.29. The molecule has 1 aliphatic carbocycles. The van der Waals surface area contributed by atoms with Gasteiger partial charge in [0.15, 0.2) is 5.82 Å². The molecule has 19 heavy (non-hydrogen) atoms. The second-order valence-corrected chi connectivity index (χ2v) is 5.07. The molecule has 2 aromatic heterocycles. The topological polar surface area (TPSA) is 55.6 Å². The second kappa shape index (κ2) is 5.09. The number of nitrogens with zero attached hydrogens (tertiary/aromatic N) is 4. The minimum atomic E-state index is 0.387. The van der Waals surface area contributed by atoms with Crippen molar-refractivity contribution in [1.29, 1.82) is 0 Å². The van der Waals surface area contributed by atoms with E-state index in [-0.39, 0.29) is 0 Å². The van der Waals surface area contributed by atoms with Gasteiger partial charge in [-0.25, -0.2) is 15.0 Å². The van der Waals surface area contributed by atoms with E-state index in [0.717, 1.165) is 24.4 Å². The van der Waals surface area contributed by atoms with Crippen molar-refractivity contribution in [2.45, 2.75) is 31.7 Å². The number of aromatic nitrogens is 4. The Morgan fingerprint density at radius 2 is 2.21 bits per heavy atom. The third kappa shape index (κ3) is 2.26. The number of hydrogen-bond donors (Lipinski definition) is 1. The lowest BCUT2D eigenvalue weighted by Gasteiger charge is -2.16. The Morgan fingerprint density at radius 1 is 1.32 bits per heavy atom. The van der Waals surface area contributed by atoms with E-state index in [1.807, 2.05) is 31.1 Å². The molecule has 100 valence electrons. The quantitative estimate of drug-likeness (QED) is 0.834. The minimum absolute atomic E-state index is 0.387. The molecule has 0 aromatic carbocycles. The summed E-state index contributed by atoms with van der Waals surface area (Å²) in [6, 6.07) is 0.387. The van der Waals surface area contributed by atoms with Crippen molar-refractivity contribution in [3.05, 3.63) is 30.0 Å². The van der Waals surface area contributed by atoms with Gasteiger partial charge in [-0.2, -0.15) is 0 Å². The van der Waals surface area contributed by atoms with Crippen molar-refractivity contribution in [2.75, 3.05) is 7.05 Å². The van der Waals surface area contributed by atoms with Crippen LogP contribution in [0.2, 0.25) is 0 Å². The van der Waals surface area contributed by atoms with Crippen LogP contribution in [-0.4, -0.2) is 26.6 Å². The molecule has 0 saturated carbocycles. The Morgan fingerprint density at radius 3 is 2.95 bits per heavy atom. The van der Waals surface area contributed by atoms with Crippen LogP contribution in [0.1, 0.15) is 36.6 Å². The van der Waals surface area contributed by atoms with Crippen molar-refractivity contribution in [3.8, 4) is 11.5 Å². The van der Waals surface area contributed by atoms with Gasteiger partial charge < -0.3 is 9.88 Å². The van der Waals surface area contributed by atoms with Crippen LogP contribution in [0.5, 0.6) is 0 Å². The average Bonchev–Trinajstić information content (AvgIpc) is 2.74. The first kappa shape index (κ1) is 12.3. The highest BCUT2D eigenvalue weighted by molar-refractivity contribution is 5.49. The van der Waals surface area contributed by atoms with Crippen LogP contribution in [0, 0.1) is 0 Å². The van der Waals surface area contributed by atoms with Crippen molar-refractivity contribution in [1.82, 2.24) is 24.8 Å². The highest BCUT2D eigenvalue weighted by Crippen LogP contribution is 2.28. The van der Waals surface area contributed by atoms with Gasteiger partial charge in [0.05, 0.1) is 12.5 Å². The van der Waals surface area contributed by atoms with E-state index in [0.29, 0.717) is 6.04 Å². The summed E-state index contributed by atoms with van der Waals surface area (Å²) in [7, 11) is 3.97. The highest BCUT2D eigenvalue weighted by atomic mass is 15.1. The largest absolute Gasteiger partial charge is 0.331 e. The minimum Gasteiger partial charge on any atom is -0.331 e. The molecule has 3 rings (SSSR count). The molecular formula is C14H19N5. The molecule has 0 spiro atoms. The van der Waals surface area contributed by atoms with Gasteiger partial charge in [-0.1, -0.05) is 6.42 Å². The van der Waals surface area contributed by atoms with Crippen molar-refractivity contribution < 1.29 is 0 Å². The SMILES string of the molecule is CNC1CCCCc2nc(-c3cncn3C)ncc21. The van der Waals surface area contributed by atoms with Crippen LogP contribution in [-0.2, 0) is 13.5 Å². The Balaban J connectivity index is 2.04. The molecule has 1 N–H and O–H groups in total. The van der Waals surface area contributed by atoms with Crippen molar-refractivity contribution in [3.63, 3.8) is 0 Å². The summed E-state index contributed by atoms with van der Waals surface area (Å²) in [6.45, 7) is 0. The Bertz CT molecular complexity index is 575. The summed E-state index contributed by atoms with van der Waals surface area (Å²) < 4.78 is 1.95. The fourth-order valence-electron chi connectivity index (χ4n) is 2.71. The van der Waals surface area contributed by atoms with Crippen LogP contribution < -0.4 is 5.32 Å².